The monoisotopic (exact) mass is 263 g/mol. The number of aliphatic carboxylic acids is 1. The van der Waals surface area contributed by atoms with Gasteiger partial charge in [-0.3, -0.25) is 14.9 Å². The van der Waals surface area contributed by atoms with Crippen LogP contribution >= 0.6 is 0 Å². The maximum absolute atomic E-state index is 12.2. The van der Waals surface area contributed by atoms with E-state index in [2.05, 4.69) is 12.2 Å². The summed E-state index contributed by atoms with van der Waals surface area (Å²) in [5, 5.41) is 11.8. The Bertz CT molecular complexity index is 439. The predicted octanol–water partition coefficient (Wildman–Crippen LogP) is 2.27. The number of rotatable bonds is 7. The average molecular weight is 263 g/mol. The van der Waals surface area contributed by atoms with Crippen LogP contribution in [0.4, 0.5) is 0 Å². The minimum absolute atomic E-state index is 0.0812. The van der Waals surface area contributed by atoms with Crippen LogP contribution in [0.15, 0.2) is 24.3 Å². The molecule has 2 unspecified atom stereocenters. The molecule has 4 heteroatoms. The van der Waals surface area contributed by atoms with Gasteiger partial charge in [0.25, 0.3) is 0 Å². The number of carbonyl (C=O) groups is 2. The highest BCUT2D eigenvalue weighted by Crippen LogP contribution is 2.08. The molecule has 0 aliphatic carbocycles. The number of carboxylic acid groups (broad SMARTS) is 1. The topological polar surface area (TPSA) is 66.4 Å². The van der Waals surface area contributed by atoms with Gasteiger partial charge in [-0.15, -0.1) is 0 Å². The molecule has 19 heavy (non-hydrogen) atoms. The molecule has 0 saturated heterocycles. The first-order valence-electron chi connectivity index (χ1n) is 6.61. The van der Waals surface area contributed by atoms with Gasteiger partial charge in [0, 0.05) is 5.56 Å². The Morgan fingerprint density at radius 3 is 2.21 bits per heavy atom. The molecule has 0 heterocycles. The van der Waals surface area contributed by atoms with Gasteiger partial charge >= 0.3 is 5.97 Å². The summed E-state index contributed by atoms with van der Waals surface area (Å²) in [5.74, 6) is -1.01. The maximum Gasteiger partial charge on any atom is 0.320 e. The van der Waals surface area contributed by atoms with Crippen molar-refractivity contribution >= 4 is 11.8 Å². The Hall–Kier alpha value is -1.68. The largest absolute Gasteiger partial charge is 0.480 e. The Kier molecular flexibility index (Phi) is 5.70. The van der Waals surface area contributed by atoms with Gasteiger partial charge in [-0.05, 0) is 25.3 Å². The van der Waals surface area contributed by atoms with E-state index in [0.717, 1.165) is 6.42 Å². The number of nitrogens with one attached hydrogen (secondary N) is 1. The van der Waals surface area contributed by atoms with Crippen molar-refractivity contribution < 1.29 is 14.7 Å². The predicted molar refractivity (Wildman–Crippen MR) is 74.5 cm³/mol. The van der Waals surface area contributed by atoms with Crippen molar-refractivity contribution in [3.63, 3.8) is 0 Å². The van der Waals surface area contributed by atoms with Gasteiger partial charge in [0.15, 0.2) is 5.78 Å². The molecular weight excluding hydrogens is 242 g/mol. The van der Waals surface area contributed by atoms with Crippen molar-refractivity contribution in [2.75, 3.05) is 0 Å². The van der Waals surface area contributed by atoms with Gasteiger partial charge in [-0.1, -0.05) is 38.1 Å². The number of hydrogen-bond acceptors (Lipinski definition) is 3. The van der Waals surface area contributed by atoms with Crippen LogP contribution in [0, 0.1) is 0 Å². The maximum atomic E-state index is 12.2. The standard InChI is InChI=1S/C15H21NO3/c1-4-11-6-8-12(9-7-11)14(17)10(3)16-13(5-2)15(18)19/h6-10,13,16H,4-5H2,1-3H3,(H,18,19). The van der Waals surface area contributed by atoms with E-state index in [-0.39, 0.29) is 5.78 Å². The number of ketones is 1. The second-order valence-electron chi connectivity index (χ2n) is 4.60. The highest BCUT2D eigenvalue weighted by Gasteiger charge is 2.22. The van der Waals surface area contributed by atoms with Crippen molar-refractivity contribution in [3.8, 4) is 0 Å². The molecule has 1 aromatic carbocycles. The molecule has 0 fully saturated rings. The molecule has 1 rings (SSSR count). The molecule has 0 spiro atoms. The SMILES string of the molecule is CCc1ccc(C(=O)C(C)NC(CC)C(=O)O)cc1. The van der Waals surface area contributed by atoms with Gasteiger partial charge in [0.05, 0.1) is 6.04 Å². The average Bonchev–Trinajstić information content (AvgIpc) is 2.43. The number of aryl methyl sites for hydroxylation is 1. The number of hydrogen-bond donors (Lipinski definition) is 2. The third-order valence-electron chi connectivity index (χ3n) is 3.20. The molecule has 0 amide bonds. The molecule has 0 bridgehead atoms. The van der Waals surface area contributed by atoms with Crippen molar-refractivity contribution in [2.45, 2.75) is 45.7 Å². The van der Waals surface area contributed by atoms with E-state index >= 15 is 0 Å². The lowest BCUT2D eigenvalue weighted by Gasteiger charge is -2.18. The lowest BCUT2D eigenvalue weighted by atomic mass is 10.0. The molecule has 4 nitrogen and oxygen atoms in total. The molecule has 0 aromatic heterocycles. The first kappa shape index (κ1) is 15.4. The van der Waals surface area contributed by atoms with Gasteiger partial charge < -0.3 is 5.11 Å². The first-order chi connectivity index (χ1) is 8.99. The zero-order chi connectivity index (χ0) is 14.4. The molecular formula is C15H21NO3. The summed E-state index contributed by atoms with van der Waals surface area (Å²) >= 11 is 0. The summed E-state index contributed by atoms with van der Waals surface area (Å²) in [6.07, 6.45) is 1.38. The molecule has 2 N–H and O–H groups in total. The van der Waals surface area contributed by atoms with Crippen LogP contribution in [0.3, 0.4) is 0 Å². The number of Topliss-reactive ketones (excluding diaryl/α,β-unsaturated/α-hetero) is 1. The molecule has 104 valence electrons. The summed E-state index contributed by atoms with van der Waals surface area (Å²) in [7, 11) is 0. The van der Waals surface area contributed by atoms with Crippen molar-refractivity contribution in [2.24, 2.45) is 0 Å². The summed E-state index contributed by atoms with van der Waals surface area (Å²) in [6, 6.07) is 6.24. The third kappa shape index (κ3) is 4.17. The van der Waals surface area contributed by atoms with Crippen molar-refractivity contribution in [3.05, 3.63) is 35.4 Å². The quantitative estimate of drug-likeness (QED) is 0.741. The number of benzene rings is 1. The van der Waals surface area contributed by atoms with Gasteiger partial charge in [-0.2, -0.15) is 0 Å². The van der Waals surface area contributed by atoms with E-state index in [9.17, 15) is 9.59 Å². The molecule has 0 aliphatic rings. The van der Waals surface area contributed by atoms with E-state index in [0.29, 0.717) is 12.0 Å². The summed E-state index contributed by atoms with van der Waals surface area (Å²) in [5.41, 5.74) is 1.78. The van der Waals surface area contributed by atoms with Crippen LogP contribution in [0.25, 0.3) is 0 Å². The normalized spacial score (nSPS) is 13.8. The highest BCUT2D eigenvalue weighted by molar-refractivity contribution is 6.00. The van der Waals surface area contributed by atoms with Crippen LogP contribution in [-0.4, -0.2) is 28.9 Å². The fourth-order valence-corrected chi connectivity index (χ4v) is 1.90. The fourth-order valence-electron chi connectivity index (χ4n) is 1.90. The van der Waals surface area contributed by atoms with Gasteiger partial charge in [0.1, 0.15) is 6.04 Å². The third-order valence-corrected chi connectivity index (χ3v) is 3.20. The Labute approximate surface area is 113 Å². The van der Waals surface area contributed by atoms with Gasteiger partial charge in [0.2, 0.25) is 0 Å². The lowest BCUT2D eigenvalue weighted by Crippen LogP contribution is -2.45. The van der Waals surface area contributed by atoms with Crippen LogP contribution in [-0.2, 0) is 11.2 Å². The van der Waals surface area contributed by atoms with Crippen LogP contribution in [0.2, 0.25) is 0 Å². The molecule has 0 aliphatic heterocycles. The minimum atomic E-state index is -0.927. The molecule has 0 radical (unpaired) electrons. The Morgan fingerprint density at radius 1 is 1.21 bits per heavy atom. The fraction of sp³-hybridized carbons (Fsp3) is 0.467. The van der Waals surface area contributed by atoms with Crippen LogP contribution < -0.4 is 5.32 Å². The number of carboxylic acids is 1. The minimum Gasteiger partial charge on any atom is -0.480 e. The van der Waals surface area contributed by atoms with Crippen LogP contribution in [0.1, 0.15) is 43.1 Å². The lowest BCUT2D eigenvalue weighted by molar-refractivity contribution is -0.139. The zero-order valence-corrected chi connectivity index (χ0v) is 11.6. The van der Waals surface area contributed by atoms with E-state index in [1.165, 1.54) is 5.56 Å². The molecule has 1 aromatic rings. The van der Waals surface area contributed by atoms with Crippen LogP contribution in [0.5, 0.6) is 0 Å². The van der Waals surface area contributed by atoms with E-state index < -0.39 is 18.1 Å². The summed E-state index contributed by atoms with van der Waals surface area (Å²) in [6.45, 7) is 5.53. The smallest absolute Gasteiger partial charge is 0.320 e. The van der Waals surface area contributed by atoms with E-state index in [1.807, 2.05) is 12.1 Å². The zero-order valence-electron chi connectivity index (χ0n) is 11.6. The van der Waals surface area contributed by atoms with E-state index in [4.69, 9.17) is 5.11 Å². The van der Waals surface area contributed by atoms with Crippen molar-refractivity contribution in [1.29, 1.82) is 0 Å². The second-order valence-corrected chi connectivity index (χ2v) is 4.60. The van der Waals surface area contributed by atoms with Gasteiger partial charge in [-0.25, -0.2) is 0 Å². The molecule has 0 saturated carbocycles. The van der Waals surface area contributed by atoms with E-state index in [1.54, 1.807) is 26.0 Å². The highest BCUT2D eigenvalue weighted by atomic mass is 16.4. The van der Waals surface area contributed by atoms with Crippen molar-refractivity contribution in [1.82, 2.24) is 5.32 Å². The first-order valence-corrected chi connectivity index (χ1v) is 6.61. The summed E-state index contributed by atoms with van der Waals surface area (Å²) in [4.78, 5) is 23.1. The molecule has 2 atom stereocenters. The Balaban J connectivity index is 2.72. The Morgan fingerprint density at radius 2 is 1.79 bits per heavy atom. The second kappa shape index (κ2) is 7.04. The number of carbonyl (C=O) groups excluding carboxylic acids is 1. The summed E-state index contributed by atoms with van der Waals surface area (Å²) < 4.78 is 0.